The molecule has 1 aromatic carbocycles. The Balaban J connectivity index is 1.18. The van der Waals surface area contributed by atoms with Gasteiger partial charge < -0.3 is 19.3 Å². The summed E-state index contributed by atoms with van der Waals surface area (Å²) >= 11 is 0.874. The Morgan fingerprint density at radius 3 is 2.71 bits per heavy atom. The molecule has 0 saturated carbocycles. The zero-order valence-electron chi connectivity index (χ0n) is 27.3. The van der Waals surface area contributed by atoms with Crippen molar-refractivity contribution in [2.24, 2.45) is 5.41 Å². The molecule has 1 amide bonds. The number of aromatic nitrogens is 3. The normalized spacial score (nSPS) is 20.9. The van der Waals surface area contributed by atoms with Crippen molar-refractivity contribution in [3.63, 3.8) is 0 Å². The molecule has 4 aliphatic rings. The molecule has 0 aliphatic carbocycles. The second kappa shape index (κ2) is 11.3. The highest BCUT2D eigenvalue weighted by atomic mass is 32.1. The van der Waals surface area contributed by atoms with Crippen LogP contribution in [-0.2, 0) is 22.7 Å². The van der Waals surface area contributed by atoms with Crippen molar-refractivity contribution in [2.75, 3.05) is 56.5 Å². The molecule has 1 spiro atoms. The van der Waals surface area contributed by atoms with E-state index >= 15 is 8.78 Å². The lowest BCUT2D eigenvalue weighted by Crippen LogP contribution is -2.56. The summed E-state index contributed by atoms with van der Waals surface area (Å²) in [6, 6.07) is 2.47. The SMILES string of the molecule is CN1CC2(CCN([C@@H]3CCN(c4ncc5c6c(c(-c7ncc(F)c8sc(NC(=O)OC(C)(C)C)c(C#N)c78)c(F)c5n4)COC6)C3)C2)C1. The van der Waals surface area contributed by atoms with Crippen LogP contribution in [0.3, 0.4) is 0 Å². The van der Waals surface area contributed by atoms with Crippen molar-refractivity contribution in [2.45, 2.75) is 58.5 Å². The maximum atomic E-state index is 16.9. The fraction of sp³-hybridized carbons (Fsp3) is 0.500. The van der Waals surface area contributed by atoms with Crippen LogP contribution >= 0.6 is 11.3 Å². The number of nitrogens with zero attached hydrogens (tertiary/aromatic N) is 7. The minimum Gasteiger partial charge on any atom is -0.444 e. The number of hydrogen-bond acceptors (Lipinski definition) is 11. The maximum absolute atomic E-state index is 16.9. The lowest BCUT2D eigenvalue weighted by atomic mass is 9.79. The van der Waals surface area contributed by atoms with Gasteiger partial charge >= 0.3 is 6.09 Å². The maximum Gasteiger partial charge on any atom is 0.412 e. The van der Waals surface area contributed by atoms with Gasteiger partial charge in [-0.3, -0.25) is 15.2 Å². The van der Waals surface area contributed by atoms with Crippen molar-refractivity contribution in [1.82, 2.24) is 24.8 Å². The number of nitriles is 1. The van der Waals surface area contributed by atoms with Gasteiger partial charge in [0.15, 0.2) is 11.6 Å². The Bertz CT molecular complexity index is 2030. The zero-order valence-corrected chi connectivity index (χ0v) is 28.1. The Morgan fingerprint density at radius 1 is 1.17 bits per heavy atom. The predicted molar refractivity (Wildman–Crippen MR) is 178 cm³/mol. The molecule has 7 heterocycles. The van der Waals surface area contributed by atoms with Gasteiger partial charge in [-0.1, -0.05) is 0 Å². The summed E-state index contributed by atoms with van der Waals surface area (Å²) in [4.78, 5) is 33.5. The molecule has 1 atom stereocenters. The Labute approximate surface area is 280 Å². The second-order valence-corrected chi connectivity index (χ2v) is 15.6. The molecule has 0 bridgehead atoms. The predicted octanol–water partition coefficient (Wildman–Crippen LogP) is 5.65. The average molecular weight is 675 g/mol. The van der Waals surface area contributed by atoms with E-state index in [1.165, 1.54) is 6.42 Å². The number of halogens is 2. The molecule has 3 saturated heterocycles. The van der Waals surface area contributed by atoms with Gasteiger partial charge in [-0.2, -0.15) is 5.26 Å². The van der Waals surface area contributed by atoms with E-state index in [1.54, 1.807) is 27.0 Å². The van der Waals surface area contributed by atoms with Gasteiger partial charge in [-0.05, 0) is 58.3 Å². The topological polar surface area (TPSA) is 120 Å². The number of carbonyl (C=O) groups excluding carboxylic acids is 1. The van der Waals surface area contributed by atoms with Crippen LogP contribution in [-0.4, -0.2) is 88.8 Å². The van der Waals surface area contributed by atoms with Crippen LogP contribution in [0, 0.1) is 28.4 Å². The highest BCUT2D eigenvalue weighted by molar-refractivity contribution is 7.23. The number of nitrogens with one attached hydrogen (secondary N) is 1. The number of likely N-dealkylation sites (tertiary alicyclic amines) is 2. The molecule has 4 aliphatic heterocycles. The summed E-state index contributed by atoms with van der Waals surface area (Å²) in [7, 11) is 2.17. The lowest BCUT2D eigenvalue weighted by molar-refractivity contribution is 0.0274. The Morgan fingerprint density at radius 2 is 1.96 bits per heavy atom. The van der Waals surface area contributed by atoms with Crippen LogP contribution in [0.5, 0.6) is 0 Å². The number of fused-ring (bicyclic) bond motifs is 4. The van der Waals surface area contributed by atoms with Crippen molar-refractivity contribution in [3.05, 3.63) is 40.7 Å². The first kappa shape index (κ1) is 31.3. The third-order valence-electron chi connectivity index (χ3n) is 9.96. The molecule has 14 heteroatoms. The molecule has 0 radical (unpaired) electrons. The summed E-state index contributed by atoms with van der Waals surface area (Å²) in [5.74, 6) is -0.871. The molecular formula is C34H36F2N8O3S. The highest BCUT2D eigenvalue weighted by Crippen LogP contribution is 2.46. The molecule has 3 fully saturated rings. The molecule has 1 N–H and O–H groups in total. The van der Waals surface area contributed by atoms with E-state index in [9.17, 15) is 10.1 Å². The first-order valence-electron chi connectivity index (χ1n) is 16.2. The van der Waals surface area contributed by atoms with Gasteiger partial charge in [0.1, 0.15) is 22.2 Å². The van der Waals surface area contributed by atoms with E-state index in [0.29, 0.717) is 28.4 Å². The first-order chi connectivity index (χ1) is 22.9. The number of hydrogen-bond donors (Lipinski definition) is 1. The summed E-state index contributed by atoms with van der Waals surface area (Å²) in [6.07, 6.45) is 4.11. The molecule has 8 rings (SSSR count). The third kappa shape index (κ3) is 5.15. The van der Waals surface area contributed by atoms with Crippen molar-refractivity contribution < 1.29 is 23.0 Å². The zero-order chi connectivity index (χ0) is 33.5. The average Bonchev–Trinajstić information content (AvgIpc) is 3.82. The fourth-order valence-corrected chi connectivity index (χ4v) is 9.05. The van der Waals surface area contributed by atoms with Gasteiger partial charge in [0.25, 0.3) is 0 Å². The van der Waals surface area contributed by atoms with Gasteiger partial charge in [0, 0.05) is 66.7 Å². The van der Waals surface area contributed by atoms with Crippen molar-refractivity contribution >= 4 is 49.4 Å². The van der Waals surface area contributed by atoms with Gasteiger partial charge in [0.05, 0.1) is 35.4 Å². The van der Waals surface area contributed by atoms with E-state index in [2.05, 4.69) is 38.1 Å². The van der Waals surface area contributed by atoms with Gasteiger partial charge in [-0.15, -0.1) is 11.3 Å². The largest absolute Gasteiger partial charge is 0.444 e. The molecule has 0 unspecified atom stereocenters. The van der Waals surface area contributed by atoms with Gasteiger partial charge in [0.2, 0.25) is 5.95 Å². The van der Waals surface area contributed by atoms with Crippen LogP contribution < -0.4 is 10.2 Å². The van der Waals surface area contributed by atoms with E-state index < -0.39 is 23.3 Å². The number of anilines is 2. The summed E-state index contributed by atoms with van der Waals surface area (Å²) in [6.45, 7) is 11.5. The lowest BCUT2D eigenvalue weighted by Gasteiger charge is -2.46. The summed E-state index contributed by atoms with van der Waals surface area (Å²) in [5.41, 5.74) is 1.21. The minimum absolute atomic E-state index is 0.0289. The number of thiophene rings is 1. The number of ether oxygens (including phenoxy) is 2. The number of rotatable bonds is 4. The fourth-order valence-electron chi connectivity index (χ4n) is 8.01. The van der Waals surface area contributed by atoms with Crippen molar-refractivity contribution in [3.8, 4) is 17.3 Å². The van der Waals surface area contributed by atoms with Crippen LogP contribution in [0.25, 0.3) is 32.2 Å². The van der Waals surface area contributed by atoms with Gasteiger partial charge in [-0.25, -0.2) is 23.5 Å². The number of benzene rings is 1. The smallest absolute Gasteiger partial charge is 0.412 e. The minimum atomic E-state index is -0.792. The van der Waals surface area contributed by atoms with E-state index in [4.69, 9.17) is 19.4 Å². The van der Waals surface area contributed by atoms with E-state index in [0.717, 1.165) is 68.8 Å². The van der Waals surface area contributed by atoms with Crippen molar-refractivity contribution in [1.29, 1.82) is 5.26 Å². The van der Waals surface area contributed by atoms with E-state index in [-0.39, 0.29) is 50.6 Å². The number of pyridine rings is 1. The molecule has 3 aromatic heterocycles. The number of amides is 1. The van der Waals surface area contributed by atoms with E-state index in [1.807, 2.05) is 0 Å². The molecule has 4 aromatic rings. The quantitative estimate of drug-likeness (QED) is 0.291. The molecule has 250 valence electrons. The summed E-state index contributed by atoms with van der Waals surface area (Å²) < 4.78 is 43.4. The molecule has 11 nitrogen and oxygen atoms in total. The van der Waals surface area contributed by atoms with Crippen LogP contribution in [0.1, 0.15) is 50.3 Å². The monoisotopic (exact) mass is 674 g/mol. The standard InChI is InChI=1S/C34H36F2N8O3S/c1-33(2,3)47-32(45)41-30-19(9-37)25-28(38-11-23(35)29(25)48-30)24-22-14-46-13-21(22)20-10-39-31(40-27(20)26(24)36)43-7-5-18(12-43)44-8-6-34(17-44)15-42(4)16-34/h10-11,18H,5-8,12-17H2,1-4H3,(H,41,45)/t18-/m1/s1. The first-order valence-corrected chi connectivity index (χ1v) is 17.0. The Kier molecular flexibility index (Phi) is 7.33. The van der Waals surface area contributed by atoms with Crippen LogP contribution in [0.4, 0.5) is 24.5 Å². The molecule has 48 heavy (non-hydrogen) atoms. The van der Waals surface area contributed by atoms with Crippen LogP contribution in [0.2, 0.25) is 0 Å². The number of carbonyl (C=O) groups is 1. The summed E-state index contributed by atoms with van der Waals surface area (Å²) in [5, 5.41) is 13.6. The molecular weight excluding hydrogens is 638 g/mol. The highest BCUT2D eigenvalue weighted by Gasteiger charge is 2.48. The van der Waals surface area contributed by atoms with Crippen LogP contribution in [0.15, 0.2) is 12.4 Å². The second-order valence-electron chi connectivity index (χ2n) is 14.6. The Hall–Kier alpha value is -4.03. The third-order valence-corrected chi connectivity index (χ3v) is 11.1.